The number of nitrogens with one attached hydrogen (secondary N) is 1. The van der Waals surface area contributed by atoms with Gasteiger partial charge in [-0.15, -0.1) is 0 Å². The average Bonchev–Trinajstić information content (AvgIpc) is 3.44. The van der Waals surface area contributed by atoms with Crippen molar-refractivity contribution in [3.05, 3.63) is 65.9 Å². The first-order valence-corrected chi connectivity index (χ1v) is 10.3. The summed E-state index contributed by atoms with van der Waals surface area (Å²) in [6.07, 6.45) is 3.74. The minimum absolute atomic E-state index is 0.000635. The molecule has 0 radical (unpaired) electrons. The number of pyridine rings is 1. The van der Waals surface area contributed by atoms with E-state index in [9.17, 15) is 17.6 Å². The number of imidazole rings is 1. The molecule has 0 aliphatic carbocycles. The van der Waals surface area contributed by atoms with E-state index in [0.717, 1.165) is 27.5 Å². The van der Waals surface area contributed by atoms with Gasteiger partial charge in [-0.3, -0.25) is 4.90 Å². The summed E-state index contributed by atoms with van der Waals surface area (Å²) in [5.41, 5.74) is 4.33. The first kappa shape index (κ1) is 21.4. The smallest absolute Gasteiger partial charge is 0.323 e. The fraction of sp³-hybridized carbons (Fsp3) is 0.318. The number of anilines is 1. The summed E-state index contributed by atoms with van der Waals surface area (Å²) in [5, 5.41) is 7.27. The van der Waals surface area contributed by atoms with Crippen LogP contribution in [0.1, 0.15) is 17.1 Å². The van der Waals surface area contributed by atoms with E-state index in [4.69, 9.17) is 4.52 Å². The lowest BCUT2D eigenvalue weighted by Gasteiger charge is -2.15. The van der Waals surface area contributed by atoms with Crippen molar-refractivity contribution in [2.24, 2.45) is 0 Å². The van der Waals surface area contributed by atoms with Gasteiger partial charge in [-0.2, -0.15) is 22.5 Å². The molecule has 172 valence electrons. The molecule has 1 N–H and O–H groups in total. The van der Waals surface area contributed by atoms with E-state index in [1.807, 2.05) is 53.9 Å². The number of aromatic nitrogens is 4. The lowest BCUT2D eigenvalue weighted by Crippen LogP contribution is -2.38. The van der Waals surface area contributed by atoms with Crippen LogP contribution in [0.3, 0.4) is 0 Å². The van der Waals surface area contributed by atoms with Crippen molar-refractivity contribution in [1.82, 2.24) is 24.4 Å². The van der Waals surface area contributed by atoms with Crippen LogP contribution in [-0.4, -0.2) is 49.4 Å². The van der Waals surface area contributed by atoms with Gasteiger partial charge in [0.15, 0.2) is 0 Å². The van der Waals surface area contributed by atoms with Crippen molar-refractivity contribution >= 4 is 11.3 Å². The third-order valence-electron chi connectivity index (χ3n) is 5.66. The molecule has 7 nitrogen and oxygen atoms in total. The Bertz CT molecular complexity index is 1290. The van der Waals surface area contributed by atoms with Gasteiger partial charge in [-0.1, -0.05) is 23.4 Å². The number of likely N-dealkylation sites (tertiary alicyclic amines) is 1. The highest BCUT2D eigenvalue weighted by atomic mass is 19.3. The summed E-state index contributed by atoms with van der Waals surface area (Å²) < 4.78 is 60.8. The summed E-state index contributed by atoms with van der Waals surface area (Å²) in [4.78, 5) is 9.50. The second kappa shape index (κ2) is 7.84. The van der Waals surface area contributed by atoms with E-state index in [2.05, 4.69) is 20.4 Å². The van der Waals surface area contributed by atoms with Gasteiger partial charge in [0, 0.05) is 17.4 Å². The second-order valence-electron chi connectivity index (χ2n) is 8.13. The normalized spacial score (nSPS) is 17.6. The lowest BCUT2D eigenvalue weighted by molar-refractivity contribution is -0.172. The molecule has 3 aromatic heterocycles. The predicted molar refractivity (Wildman–Crippen MR) is 112 cm³/mol. The molecule has 33 heavy (non-hydrogen) atoms. The van der Waals surface area contributed by atoms with E-state index < -0.39 is 24.9 Å². The van der Waals surface area contributed by atoms with Crippen molar-refractivity contribution in [2.45, 2.75) is 31.9 Å². The van der Waals surface area contributed by atoms with Crippen LogP contribution >= 0.6 is 0 Å². The van der Waals surface area contributed by atoms with Crippen molar-refractivity contribution < 1.29 is 22.1 Å². The molecule has 11 heteroatoms. The molecular formula is C22H20F4N6O. The fourth-order valence-corrected chi connectivity index (χ4v) is 3.84. The Morgan fingerprint density at radius 1 is 1.09 bits per heavy atom. The van der Waals surface area contributed by atoms with E-state index >= 15 is 0 Å². The number of nitrogens with zero attached hydrogens (tertiary/aromatic N) is 5. The molecule has 1 aromatic carbocycles. The molecule has 4 aromatic rings. The Morgan fingerprint density at radius 2 is 1.88 bits per heavy atom. The maximum absolute atomic E-state index is 13.4. The number of rotatable bonds is 6. The lowest BCUT2D eigenvalue weighted by atomic mass is 10.1. The zero-order valence-corrected chi connectivity index (χ0v) is 17.6. The third-order valence-corrected chi connectivity index (χ3v) is 5.66. The number of alkyl halides is 4. The van der Waals surface area contributed by atoms with Crippen LogP contribution in [0.4, 0.5) is 23.2 Å². The number of halogens is 4. The largest absolute Gasteiger partial charge is 0.379 e. The maximum Gasteiger partial charge on any atom is 0.323 e. The Hall–Kier alpha value is -3.47. The molecule has 0 unspecified atom stereocenters. The minimum Gasteiger partial charge on any atom is -0.379 e. The zero-order chi connectivity index (χ0) is 23.2. The van der Waals surface area contributed by atoms with E-state index in [1.165, 1.54) is 0 Å². The van der Waals surface area contributed by atoms with Crippen molar-refractivity contribution in [1.29, 1.82) is 0 Å². The predicted octanol–water partition coefficient (Wildman–Crippen LogP) is 4.39. The van der Waals surface area contributed by atoms with Crippen molar-refractivity contribution in [2.75, 3.05) is 18.4 Å². The van der Waals surface area contributed by atoms with Crippen molar-refractivity contribution in [3.8, 4) is 11.4 Å². The van der Waals surface area contributed by atoms with Gasteiger partial charge in [-0.25, -0.2) is 4.98 Å². The Labute approximate surface area is 186 Å². The summed E-state index contributed by atoms with van der Waals surface area (Å²) in [5.74, 6) is -7.90. The Morgan fingerprint density at radius 3 is 2.67 bits per heavy atom. The Balaban J connectivity index is 1.30. The highest BCUT2D eigenvalue weighted by Crippen LogP contribution is 2.41. The second-order valence-corrected chi connectivity index (χ2v) is 8.13. The number of hydrogen-bond donors (Lipinski definition) is 1. The van der Waals surface area contributed by atoms with Crippen LogP contribution in [0.5, 0.6) is 0 Å². The monoisotopic (exact) mass is 460 g/mol. The Kier molecular flexibility index (Phi) is 5.08. The van der Waals surface area contributed by atoms with Gasteiger partial charge < -0.3 is 14.2 Å². The van der Waals surface area contributed by atoms with E-state index in [1.54, 1.807) is 6.20 Å². The molecule has 1 aliphatic heterocycles. The van der Waals surface area contributed by atoms with Crippen molar-refractivity contribution in [3.63, 3.8) is 0 Å². The molecule has 0 amide bonds. The molecule has 4 heterocycles. The van der Waals surface area contributed by atoms with Crippen LogP contribution in [0, 0.1) is 6.92 Å². The van der Waals surface area contributed by atoms with E-state index in [0.29, 0.717) is 12.1 Å². The summed E-state index contributed by atoms with van der Waals surface area (Å²) in [6, 6.07) is 11.3. The van der Waals surface area contributed by atoms with Crippen LogP contribution in [-0.2, 0) is 13.1 Å². The first-order valence-electron chi connectivity index (χ1n) is 10.3. The zero-order valence-electron chi connectivity index (χ0n) is 17.6. The fourth-order valence-electron chi connectivity index (χ4n) is 3.84. The molecule has 1 saturated heterocycles. The average molecular weight is 460 g/mol. The maximum atomic E-state index is 13.4. The third kappa shape index (κ3) is 4.04. The molecule has 1 aliphatic rings. The minimum atomic E-state index is -4.08. The molecule has 5 rings (SSSR count). The molecular weight excluding hydrogens is 440 g/mol. The standard InChI is InChI=1S/C22H20F4N6O/c1-14-5-6-15(8-17(14)27-9-16-10-28-18-4-2-3-7-32(16)18)20-29-19(33-30-20)11-31-12-21(23,24)22(25,26)13-31/h2-8,10,27H,9,11-13H2,1H3. The van der Waals surface area contributed by atoms with E-state index in [-0.39, 0.29) is 18.3 Å². The van der Waals surface area contributed by atoms with Crippen LogP contribution in [0.15, 0.2) is 53.3 Å². The molecule has 0 spiro atoms. The molecule has 0 saturated carbocycles. The molecule has 1 fully saturated rings. The summed E-state index contributed by atoms with van der Waals surface area (Å²) in [7, 11) is 0. The number of aryl methyl sites for hydroxylation is 1. The van der Waals surface area contributed by atoms with Gasteiger partial charge in [-0.05, 0) is 30.7 Å². The van der Waals surface area contributed by atoms with Gasteiger partial charge in [0.2, 0.25) is 11.7 Å². The van der Waals surface area contributed by atoms with Crippen LogP contribution in [0.2, 0.25) is 0 Å². The van der Waals surface area contributed by atoms with Gasteiger partial charge in [0.25, 0.3) is 0 Å². The van der Waals surface area contributed by atoms with Gasteiger partial charge >= 0.3 is 11.8 Å². The topological polar surface area (TPSA) is 71.5 Å². The number of benzene rings is 1. The highest BCUT2D eigenvalue weighted by molar-refractivity contribution is 5.65. The molecule has 0 atom stereocenters. The number of fused-ring (bicyclic) bond motifs is 1. The molecule has 0 bridgehead atoms. The van der Waals surface area contributed by atoms with Gasteiger partial charge in [0.1, 0.15) is 5.65 Å². The quantitative estimate of drug-likeness (QED) is 0.431. The van der Waals surface area contributed by atoms with Gasteiger partial charge in [0.05, 0.1) is 38.1 Å². The van der Waals surface area contributed by atoms with Crippen LogP contribution < -0.4 is 5.32 Å². The van der Waals surface area contributed by atoms with Crippen LogP contribution in [0.25, 0.3) is 17.0 Å². The summed E-state index contributed by atoms with van der Waals surface area (Å²) in [6.45, 7) is 0.100. The number of hydrogen-bond acceptors (Lipinski definition) is 6. The first-order chi connectivity index (χ1) is 15.7. The summed E-state index contributed by atoms with van der Waals surface area (Å²) >= 11 is 0. The highest BCUT2D eigenvalue weighted by Gasteiger charge is 2.62. The SMILES string of the molecule is Cc1ccc(-c2noc(CN3CC(F)(F)C(F)(F)C3)n2)cc1NCc1cnc2ccccn12.